The number of hydrogen-bond donors (Lipinski definition) is 0. The average Bonchev–Trinajstić information content (AvgIpc) is 2.77. The lowest BCUT2D eigenvalue weighted by atomic mass is 10.0. The van der Waals surface area contributed by atoms with Gasteiger partial charge in [0.25, 0.3) is 0 Å². The second kappa shape index (κ2) is 11.0. The number of rotatable bonds is 11. The second-order valence-corrected chi connectivity index (χ2v) is 7.66. The molecule has 0 saturated carbocycles. The lowest BCUT2D eigenvalue weighted by molar-refractivity contribution is 0.542. The van der Waals surface area contributed by atoms with Crippen molar-refractivity contribution < 1.29 is 4.21 Å². The molecule has 0 amide bonds. The molecular formula is C16H32OS. The molecule has 2 heteroatoms. The molecule has 1 aliphatic rings. The topological polar surface area (TPSA) is 17.1 Å². The summed E-state index contributed by atoms with van der Waals surface area (Å²) in [6.07, 6.45) is 17.6. The zero-order chi connectivity index (χ0) is 13.1. The Kier molecular flexibility index (Phi) is 9.92. The second-order valence-electron chi connectivity index (χ2n) is 5.82. The normalized spacial score (nSPS) is 23.6. The number of unbranched alkanes of at least 4 members (excludes halogenated alkanes) is 9. The molecule has 1 aliphatic heterocycles. The summed E-state index contributed by atoms with van der Waals surface area (Å²) in [6.45, 7) is 2.28. The Morgan fingerprint density at radius 3 is 1.94 bits per heavy atom. The molecule has 18 heavy (non-hydrogen) atoms. The van der Waals surface area contributed by atoms with Gasteiger partial charge in [-0.05, 0) is 19.3 Å². The molecule has 2 unspecified atom stereocenters. The molecule has 0 aromatic carbocycles. The van der Waals surface area contributed by atoms with Crippen molar-refractivity contribution in [2.45, 2.75) is 95.6 Å². The van der Waals surface area contributed by atoms with Crippen molar-refractivity contribution in [3.63, 3.8) is 0 Å². The molecule has 1 heterocycles. The standard InChI is InChI=1S/C16H32OS/c1-2-3-4-5-6-7-8-9-10-11-13-16-14-12-15-18(16)17/h16H,2-15H2,1H3. The maximum atomic E-state index is 11.6. The summed E-state index contributed by atoms with van der Waals surface area (Å²) in [5.74, 6) is 0.975. The van der Waals surface area contributed by atoms with Gasteiger partial charge in [-0.1, -0.05) is 71.1 Å². The Morgan fingerprint density at radius 1 is 0.889 bits per heavy atom. The van der Waals surface area contributed by atoms with E-state index in [4.69, 9.17) is 0 Å². The van der Waals surface area contributed by atoms with Crippen LogP contribution in [-0.4, -0.2) is 15.2 Å². The third-order valence-electron chi connectivity index (χ3n) is 4.12. The van der Waals surface area contributed by atoms with Gasteiger partial charge in [0, 0.05) is 21.8 Å². The van der Waals surface area contributed by atoms with Gasteiger partial charge in [0.1, 0.15) is 0 Å². The highest BCUT2D eigenvalue weighted by molar-refractivity contribution is 7.85. The first kappa shape index (κ1) is 16.2. The maximum absolute atomic E-state index is 11.6. The Labute approximate surface area is 117 Å². The molecule has 0 aliphatic carbocycles. The van der Waals surface area contributed by atoms with Gasteiger partial charge in [-0.2, -0.15) is 0 Å². The quantitative estimate of drug-likeness (QED) is 0.472. The third-order valence-corrected chi connectivity index (χ3v) is 6.03. The largest absolute Gasteiger partial charge is 0.259 e. The van der Waals surface area contributed by atoms with Gasteiger partial charge in [-0.15, -0.1) is 0 Å². The Hall–Kier alpha value is 0.150. The molecule has 0 radical (unpaired) electrons. The van der Waals surface area contributed by atoms with Crippen LogP contribution in [0.2, 0.25) is 0 Å². The van der Waals surface area contributed by atoms with Crippen LogP contribution in [0.15, 0.2) is 0 Å². The minimum atomic E-state index is -0.474. The van der Waals surface area contributed by atoms with Crippen molar-refractivity contribution in [2.75, 3.05) is 5.75 Å². The van der Waals surface area contributed by atoms with E-state index < -0.39 is 10.8 Å². The van der Waals surface area contributed by atoms with E-state index in [-0.39, 0.29) is 0 Å². The van der Waals surface area contributed by atoms with E-state index in [1.807, 2.05) is 0 Å². The van der Waals surface area contributed by atoms with E-state index in [1.165, 1.54) is 83.5 Å². The predicted octanol–water partition coefficient (Wildman–Crippen LogP) is 5.21. The fourth-order valence-corrected chi connectivity index (χ4v) is 4.53. The van der Waals surface area contributed by atoms with Crippen LogP contribution in [0.3, 0.4) is 0 Å². The van der Waals surface area contributed by atoms with Gasteiger partial charge in [0.15, 0.2) is 0 Å². The molecule has 0 bridgehead atoms. The summed E-state index contributed by atoms with van der Waals surface area (Å²) in [7, 11) is -0.474. The molecule has 0 spiro atoms. The molecule has 2 atom stereocenters. The first-order valence-corrected chi connectivity index (χ1v) is 9.60. The lowest BCUT2D eigenvalue weighted by Gasteiger charge is -2.07. The summed E-state index contributed by atoms with van der Waals surface area (Å²) in [5.41, 5.74) is 0. The van der Waals surface area contributed by atoms with Crippen LogP contribution >= 0.6 is 0 Å². The molecule has 1 saturated heterocycles. The summed E-state index contributed by atoms with van der Waals surface area (Å²) >= 11 is 0. The van der Waals surface area contributed by atoms with E-state index in [0.29, 0.717) is 5.25 Å². The summed E-state index contributed by atoms with van der Waals surface area (Å²) in [5, 5.41) is 0.555. The first-order chi connectivity index (χ1) is 8.84. The monoisotopic (exact) mass is 272 g/mol. The first-order valence-electron chi connectivity index (χ1n) is 8.21. The van der Waals surface area contributed by atoms with E-state index in [1.54, 1.807) is 0 Å². The van der Waals surface area contributed by atoms with E-state index >= 15 is 0 Å². The van der Waals surface area contributed by atoms with Crippen molar-refractivity contribution in [2.24, 2.45) is 0 Å². The van der Waals surface area contributed by atoms with Crippen LogP contribution in [0.1, 0.15) is 90.4 Å². The molecular weight excluding hydrogens is 240 g/mol. The summed E-state index contributed by atoms with van der Waals surface area (Å²) in [6, 6.07) is 0. The fraction of sp³-hybridized carbons (Fsp3) is 1.00. The summed E-state index contributed by atoms with van der Waals surface area (Å²) < 4.78 is 11.6. The van der Waals surface area contributed by atoms with Crippen LogP contribution in [0.4, 0.5) is 0 Å². The van der Waals surface area contributed by atoms with Gasteiger partial charge in [0.05, 0.1) is 0 Å². The van der Waals surface area contributed by atoms with Crippen molar-refractivity contribution >= 4 is 10.8 Å². The van der Waals surface area contributed by atoms with Crippen LogP contribution in [0.5, 0.6) is 0 Å². The van der Waals surface area contributed by atoms with Crippen molar-refractivity contribution in [1.82, 2.24) is 0 Å². The molecule has 1 rings (SSSR count). The van der Waals surface area contributed by atoms with E-state index in [0.717, 1.165) is 5.75 Å². The number of hydrogen-bond acceptors (Lipinski definition) is 1. The molecule has 108 valence electrons. The molecule has 1 fully saturated rings. The highest BCUT2D eigenvalue weighted by atomic mass is 32.2. The van der Waals surface area contributed by atoms with E-state index in [9.17, 15) is 4.21 Å². The predicted molar refractivity (Wildman–Crippen MR) is 82.5 cm³/mol. The lowest BCUT2D eigenvalue weighted by Crippen LogP contribution is -2.08. The SMILES string of the molecule is CCCCCCCCCCCCC1CCCS1=O. The Bertz CT molecular complexity index is 215. The highest BCUT2D eigenvalue weighted by Crippen LogP contribution is 2.22. The molecule has 0 aromatic heterocycles. The van der Waals surface area contributed by atoms with Gasteiger partial charge in [-0.3, -0.25) is 4.21 Å². The molecule has 0 aromatic rings. The smallest absolute Gasteiger partial charge is 0.0348 e. The summed E-state index contributed by atoms with van der Waals surface area (Å²) in [4.78, 5) is 0. The van der Waals surface area contributed by atoms with Crippen LogP contribution in [0, 0.1) is 0 Å². The van der Waals surface area contributed by atoms with Gasteiger partial charge < -0.3 is 0 Å². The van der Waals surface area contributed by atoms with E-state index in [2.05, 4.69) is 6.92 Å². The minimum Gasteiger partial charge on any atom is -0.259 e. The Balaban J connectivity index is 1.77. The Morgan fingerprint density at radius 2 is 1.44 bits per heavy atom. The van der Waals surface area contributed by atoms with Crippen LogP contribution < -0.4 is 0 Å². The zero-order valence-electron chi connectivity index (χ0n) is 12.3. The minimum absolute atomic E-state index is 0.474. The third kappa shape index (κ3) is 7.56. The zero-order valence-corrected chi connectivity index (χ0v) is 13.1. The van der Waals surface area contributed by atoms with Crippen molar-refractivity contribution in [1.29, 1.82) is 0 Å². The van der Waals surface area contributed by atoms with Gasteiger partial charge in [0.2, 0.25) is 0 Å². The van der Waals surface area contributed by atoms with Gasteiger partial charge >= 0.3 is 0 Å². The highest BCUT2D eigenvalue weighted by Gasteiger charge is 2.21. The van der Waals surface area contributed by atoms with Gasteiger partial charge in [-0.25, -0.2) is 0 Å². The van der Waals surface area contributed by atoms with Crippen LogP contribution in [-0.2, 0) is 10.8 Å². The molecule has 0 N–H and O–H groups in total. The van der Waals surface area contributed by atoms with Crippen molar-refractivity contribution in [3.8, 4) is 0 Å². The fourth-order valence-electron chi connectivity index (χ4n) is 2.89. The molecule has 1 nitrogen and oxygen atoms in total. The average molecular weight is 272 g/mol. The maximum Gasteiger partial charge on any atom is 0.0348 e. The van der Waals surface area contributed by atoms with Crippen molar-refractivity contribution in [3.05, 3.63) is 0 Å². The van der Waals surface area contributed by atoms with Crippen LogP contribution in [0.25, 0.3) is 0 Å².